The summed E-state index contributed by atoms with van der Waals surface area (Å²) in [7, 11) is 0. The molecule has 0 aliphatic heterocycles. The van der Waals surface area contributed by atoms with Crippen molar-refractivity contribution in [3.05, 3.63) is 12.4 Å². The molecule has 0 bridgehead atoms. The van der Waals surface area contributed by atoms with Crippen LogP contribution in [0.25, 0.3) is 0 Å². The summed E-state index contributed by atoms with van der Waals surface area (Å²) in [5, 5.41) is 0. The van der Waals surface area contributed by atoms with Gasteiger partial charge in [-0.25, -0.2) is 9.97 Å². The van der Waals surface area contributed by atoms with Crippen molar-refractivity contribution in [2.24, 2.45) is 0 Å². The van der Waals surface area contributed by atoms with Crippen molar-refractivity contribution in [3.8, 4) is 5.88 Å². The Morgan fingerprint density at radius 3 is 2.53 bits per heavy atom. The number of likely N-dealkylation sites (N-methyl/N-ethyl adjacent to an activating group) is 1. The molecular weight excluding hydrogens is 192 g/mol. The summed E-state index contributed by atoms with van der Waals surface area (Å²) in [6, 6.07) is 0. The molecule has 2 N–H and O–H groups in total. The number of anilines is 1. The van der Waals surface area contributed by atoms with Crippen LogP contribution in [0.4, 0.5) is 5.82 Å². The molecule has 0 aliphatic rings. The van der Waals surface area contributed by atoms with Gasteiger partial charge in [0, 0.05) is 18.9 Å². The third-order valence-corrected chi connectivity index (χ3v) is 2.23. The maximum absolute atomic E-state index is 5.59. The fraction of sp³-hybridized carbons (Fsp3) is 0.600. The van der Waals surface area contributed by atoms with E-state index in [1.807, 2.05) is 0 Å². The van der Waals surface area contributed by atoms with Crippen LogP contribution >= 0.6 is 0 Å². The molecule has 0 saturated carbocycles. The van der Waals surface area contributed by atoms with E-state index in [1.165, 1.54) is 0 Å². The minimum absolute atomic E-state index is 0.344. The van der Waals surface area contributed by atoms with Gasteiger partial charge in [-0.05, 0) is 13.1 Å². The number of aromatic nitrogens is 2. The van der Waals surface area contributed by atoms with Gasteiger partial charge in [0.2, 0.25) is 0 Å². The van der Waals surface area contributed by atoms with Crippen LogP contribution in [0.1, 0.15) is 13.8 Å². The molecule has 5 nitrogen and oxygen atoms in total. The van der Waals surface area contributed by atoms with Crippen LogP contribution in [0.5, 0.6) is 5.88 Å². The topological polar surface area (TPSA) is 64.3 Å². The normalized spacial score (nSPS) is 10.6. The fourth-order valence-electron chi connectivity index (χ4n) is 1.26. The van der Waals surface area contributed by atoms with Crippen LogP contribution in [0.2, 0.25) is 0 Å². The number of hydrogen-bond acceptors (Lipinski definition) is 5. The molecule has 0 aliphatic carbocycles. The highest BCUT2D eigenvalue weighted by Gasteiger charge is 2.03. The van der Waals surface area contributed by atoms with E-state index in [9.17, 15) is 0 Å². The van der Waals surface area contributed by atoms with E-state index in [2.05, 4.69) is 28.7 Å². The second-order valence-electron chi connectivity index (χ2n) is 3.12. The molecule has 0 fully saturated rings. The van der Waals surface area contributed by atoms with E-state index < -0.39 is 0 Å². The lowest BCUT2D eigenvalue weighted by atomic mass is 10.5. The van der Waals surface area contributed by atoms with Crippen LogP contribution in [-0.2, 0) is 0 Å². The standard InChI is InChI=1S/C10H18N4O/c1-3-14(4-2)7-8-15-10-9(11)12-5-6-13-10/h5-6H,3-4,7-8H2,1-2H3,(H2,11,12). The van der Waals surface area contributed by atoms with Gasteiger partial charge in [-0.15, -0.1) is 0 Å². The summed E-state index contributed by atoms with van der Waals surface area (Å²) >= 11 is 0. The Kier molecular flexibility index (Phi) is 4.83. The molecule has 0 unspecified atom stereocenters. The van der Waals surface area contributed by atoms with Gasteiger partial charge in [-0.1, -0.05) is 13.8 Å². The monoisotopic (exact) mass is 210 g/mol. The van der Waals surface area contributed by atoms with Gasteiger partial charge in [0.05, 0.1) is 0 Å². The van der Waals surface area contributed by atoms with Crippen molar-refractivity contribution in [1.29, 1.82) is 0 Å². The molecule has 0 aromatic carbocycles. The highest BCUT2D eigenvalue weighted by Crippen LogP contribution is 2.12. The molecule has 84 valence electrons. The zero-order valence-electron chi connectivity index (χ0n) is 9.31. The Hall–Kier alpha value is -1.36. The third kappa shape index (κ3) is 3.71. The number of ether oxygens (including phenoxy) is 1. The predicted molar refractivity (Wildman–Crippen MR) is 59.7 cm³/mol. The lowest BCUT2D eigenvalue weighted by molar-refractivity contribution is 0.218. The van der Waals surface area contributed by atoms with Gasteiger partial charge in [-0.2, -0.15) is 0 Å². The first-order valence-corrected chi connectivity index (χ1v) is 5.19. The highest BCUT2D eigenvalue weighted by molar-refractivity contribution is 5.38. The highest BCUT2D eigenvalue weighted by atomic mass is 16.5. The van der Waals surface area contributed by atoms with Gasteiger partial charge >= 0.3 is 0 Å². The van der Waals surface area contributed by atoms with Crippen LogP contribution in [0, 0.1) is 0 Å². The number of nitrogen functional groups attached to an aromatic ring is 1. The Balaban J connectivity index is 2.34. The van der Waals surface area contributed by atoms with Crippen molar-refractivity contribution >= 4 is 5.82 Å². The second kappa shape index (κ2) is 6.19. The Labute approximate surface area is 90.3 Å². The molecule has 1 aromatic rings. The van der Waals surface area contributed by atoms with Crippen LogP contribution < -0.4 is 10.5 Å². The third-order valence-electron chi connectivity index (χ3n) is 2.23. The van der Waals surface area contributed by atoms with Crippen LogP contribution in [-0.4, -0.2) is 41.1 Å². The van der Waals surface area contributed by atoms with Crippen molar-refractivity contribution in [2.75, 3.05) is 32.0 Å². The van der Waals surface area contributed by atoms with Crippen LogP contribution in [0.3, 0.4) is 0 Å². The second-order valence-corrected chi connectivity index (χ2v) is 3.12. The van der Waals surface area contributed by atoms with E-state index in [0.717, 1.165) is 19.6 Å². The Morgan fingerprint density at radius 2 is 1.93 bits per heavy atom. The van der Waals surface area contributed by atoms with Gasteiger partial charge in [-0.3, -0.25) is 0 Å². The molecule has 5 heteroatoms. The Bertz CT molecular complexity index is 289. The average Bonchev–Trinajstić information content (AvgIpc) is 2.27. The summed E-state index contributed by atoms with van der Waals surface area (Å²) in [6.45, 7) is 7.76. The molecule has 0 saturated heterocycles. The van der Waals surface area contributed by atoms with E-state index in [0.29, 0.717) is 18.3 Å². The molecule has 15 heavy (non-hydrogen) atoms. The summed E-state index contributed by atoms with van der Waals surface area (Å²) in [6.07, 6.45) is 3.12. The molecule has 1 rings (SSSR count). The van der Waals surface area contributed by atoms with Crippen LogP contribution in [0.15, 0.2) is 12.4 Å². The largest absolute Gasteiger partial charge is 0.474 e. The summed E-state index contributed by atoms with van der Waals surface area (Å²) in [5.41, 5.74) is 5.59. The van der Waals surface area contributed by atoms with Crippen molar-refractivity contribution < 1.29 is 4.74 Å². The molecule has 0 atom stereocenters. The first-order chi connectivity index (χ1) is 7.27. The summed E-state index contributed by atoms with van der Waals surface area (Å²) in [5.74, 6) is 0.765. The van der Waals surface area contributed by atoms with Gasteiger partial charge in [0.15, 0.2) is 5.82 Å². The van der Waals surface area contributed by atoms with Gasteiger partial charge < -0.3 is 15.4 Å². The van der Waals surface area contributed by atoms with E-state index in [4.69, 9.17) is 10.5 Å². The minimum atomic E-state index is 0.344. The predicted octanol–water partition coefficient (Wildman–Crippen LogP) is 0.779. The van der Waals surface area contributed by atoms with Crippen molar-refractivity contribution in [3.63, 3.8) is 0 Å². The first-order valence-electron chi connectivity index (χ1n) is 5.19. The number of nitrogens with two attached hydrogens (primary N) is 1. The van der Waals surface area contributed by atoms with E-state index in [-0.39, 0.29) is 0 Å². The zero-order chi connectivity index (χ0) is 11.1. The average molecular weight is 210 g/mol. The summed E-state index contributed by atoms with van der Waals surface area (Å²) < 4.78 is 5.43. The SMILES string of the molecule is CCN(CC)CCOc1nccnc1N. The molecule has 1 heterocycles. The quantitative estimate of drug-likeness (QED) is 0.751. The maximum atomic E-state index is 5.59. The number of nitrogens with zero attached hydrogens (tertiary/aromatic N) is 3. The van der Waals surface area contributed by atoms with E-state index >= 15 is 0 Å². The summed E-state index contributed by atoms with van der Waals surface area (Å²) in [4.78, 5) is 10.2. The Morgan fingerprint density at radius 1 is 1.27 bits per heavy atom. The minimum Gasteiger partial charge on any atom is -0.474 e. The number of rotatable bonds is 6. The zero-order valence-corrected chi connectivity index (χ0v) is 9.31. The smallest absolute Gasteiger partial charge is 0.257 e. The lowest BCUT2D eigenvalue weighted by Crippen LogP contribution is -2.28. The number of hydrogen-bond donors (Lipinski definition) is 1. The molecular formula is C10H18N4O. The first kappa shape index (κ1) is 11.7. The van der Waals surface area contributed by atoms with Crippen molar-refractivity contribution in [2.45, 2.75) is 13.8 Å². The molecule has 0 radical (unpaired) electrons. The maximum Gasteiger partial charge on any atom is 0.257 e. The van der Waals surface area contributed by atoms with Gasteiger partial charge in [0.1, 0.15) is 6.61 Å². The van der Waals surface area contributed by atoms with Crippen molar-refractivity contribution in [1.82, 2.24) is 14.9 Å². The molecule has 0 spiro atoms. The molecule has 1 aromatic heterocycles. The van der Waals surface area contributed by atoms with E-state index in [1.54, 1.807) is 12.4 Å². The van der Waals surface area contributed by atoms with Gasteiger partial charge in [0.25, 0.3) is 5.88 Å². The molecule has 0 amide bonds. The fourth-order valence-corrected chi connectivity index (χ4v) is 1.26. The lowest BCUT2D eigenvalue weighted by Gasteiger charge is -2.17.